The molecule has 0 N–H and O–H groups in total. The van der Waals surface area contributed by atoms with E-state index in [4.69, 9.17) is 9.47 Å². The smallest absolute Gasteiger partial charge is 0.306 e. The van der Waals surface area contributed by atoms with E-state index < -0.39 is 5.60 Å². The van der Waals surface area contributed by atoms with Gasteiger partial charge in [-0.25, -0.2) is 4.68 Å². The van der Waals surface area contributed by atoms with Gasteiger partial charge in [0.05, 0.1) is 23.7 Å². The normalized spacial score (nSPS) is 19.3. The average molecular weight is 331 g/mol. The number of halogens is 1. The number of ether oxygens (including phenoxy) is 2. The van der Waals surface area contributed by atoms with Crippen LogP contribution in [0.2, 0.25) is 0 Å². The molecular formula is C13H19BrN2O3. The number of hydrogen-bond donors (Lipinski definition) is 0. The summed E-state index contributed by atoms with van der Waals surface area (Å²) < 4.78 is 13.6. The number of fused-ring (bicyclic) bond motifs is 1. The molecule has 0 spiro atoms. The Bertz CT molecular complexity index is 465. The van der Waals surface area contributed by atoms with Crippen molar-refractivity contribution in [3.63, 3.8) is 0 Å². The van der Waals surface area contributed by atoms with Crippen molar-refractivity contribution >= 4 is 21.9 Å². The van der Waals surface area contributed by atoms with E-state index in [0.717, 1.165) is 16.8 Å². The molecule has 5 nitrogen and oxygen atoms in total. The van der Waals surface area contributed by atoms with E-state index in [1.165, 1.54) is 0 Å². The number of aromatic nitrogens is 2. The van der Waals surface area contributed by atoms with Gasteiger partial charge in [0, 0.05) is 6.54 Å². The van der Waals surface area contributed by atoms with Gasteiger partial charge in [0.2, 0.25) is 5.88 Å². The Labute approximate surface area is 121 Å². The predicted molar refractivity (Wildman–Crippen MR) is 74.0 cm³/mol. The van der Waals surface area contributed by atoms with Gasteiger partial charge in [0.25, 0.3) is 0 Å². The molecule has 0 fully saturated rings. The van der Waals surface area contributed by atoms with Gasteiger partial charge in [-0.1, -0.05) is 0 Å². The molecule has 0 saturated heterocycles. The number of rotatable bonds is 2. The summed E-state index contributed by atoms with van der Waals surface area (Å²) in [4.78, 5) is 11.9. The number of carbonyl (C=O) groups is 1. The lowest BCUT2D eigenvalue weighted by atomic mass is 10.0. The van der Waals surface area contributed by atoms with Gasteiger partial charge in [-0.05, 0) is 49.0 Å². The van der Waals surface area contributed by atoms with Gasteiger partial charge in [0.1, 0.15) is 5.60 Å². The molecule has 1 aliphatic rings. The third-order valence-corrected chi connectivity index (χ3v) is 3.36. The number of nitrogens with zero attached hydrogens (tertiary/aromatic N) is 2. The maximum atomic E-state index is 11.9. The van der Waals surface area contributed by atoms with Crippen LogP contribution in [-0.4, -0.2) is 28.0 Å². The first-order valence-electron chi connectivity index (χ1n) is 6.41. The standard InChI is InChI=1S/C13H19BrN2O3/c1-13(2,3)19-11(17)6-9-4-5-18-12-10(14)7-15-16(12)8-9/h7,9H,4-6,8H2,1-3H3. The zero-order valence-electron chi connectivity index (χ0n) is 11.5. The Morgan fingerprint density at radius 3 is 3.05 bits per heavy atom. The van der Waals surface area contributed by atoms with Gasteiger partial charge in [-0.15, -0.1) is 0 Å². The SMILES string of the molecule is CC(C)(C)OC(=O)CC1CCOc2c(Br)cnn2C1. The van der Waals surface area contributed by atoms with Crippen LogP contribution in [0, 0.1) is 5.92 Å². The van der Waals surface area contributed by atoms with Crippen molar-refractivity contribution in [2.45, 2.75) is 45.8 Å². The predicted octanol–water partition coefficient (Wildman–Crippen LogP) is 2.78. The molecule has 1 aliphatic heterocycles. The van der Waals surface area contributed by atoms with E-state index in [0.29, 0.717) is 19.6 Å². The molecule has 1 aromatic rings. The highest BCUT2D eigenvalue weighted by Gasteiger charge is 2.24. The minimum Gasteiger partial charge on any atom is -0.477 e. The zero-order chi connectivity index (χ0) is 14.0. The fourth-order valence-corrected chi connectivity index (χ4v) is 2.48. The van der Waals surface area contributed by atoms with E-state index in [1.807, 2.05) is 20.8 Å². The molecule has 19 heavy (non-hydrogen) atoms. The van der Waals surface area contributed by atoms with E-state index in [2.05, 4.69) is 21.0 Å². The van der Waals surface area contributed by atoms with E-state index >= 15 is 0 Å². The minimum atomic E-state index is -0.432. The van der Waals surface area contributed by atoms with Crippen LogP contribution < -0.4 is 4.74 Å². The van der Waals surface area contributed by atoms with Crippen molar-refractivity contribution in [1.29, 1.82) is 0 Å². The maximum Gasteiger partial charge on any atom is 0.306 e. The summed E-state index contributed by atoms with van der Waals surface area (Å²) in [6.07, 6.45) is 2.94. The van der Waals surface area contributed by atoms with Gasteiger partial charge in [-0.2, -0.15) is 5.10 Å². The Hall–Kier alpha value is -1.04. The average Bonchev–Trinajstić information content (AvgIpc) is 2.49. The van der Waals surface area contributed by atoms with Gasteiger partial charge in [-0.3, -0.25) is 4.79 Å². The summed E-state index contributed by atoms with van der Waals surface area (Å²) >= 11 is 3.40. The van der Waals surface area contributed by atoms with Crippen LogP contribution in [-0.2, 0) is 16.1 Å². The van der Waals surface area contributed by atoms with Crippen molar-refractivity contribution in [2.24, 2.45) is 5.92 Å². The summed E-state index contributed by atoms with van der Waals surface area (Å²) in [6, 6.07) is 0. The van der Waals surface area contributed by atoms with E-state index in [1.54, 1.807) is 10.9 Å². The zero-order valence-corrected chi connectivity index (χ0v) is 13.1. The molecule has 2 rings (SSSR count). The topological polar surface area (TPSA) is 53.4 Å². The van der Waals surface area contributed by atoms with Crippen LogP contribution in [0.3, 0.4) is 0 Å². The van der Waals surface area contributed by atoms with Crippen LogP contribution >= 0.6 is 15.9 Å². The van der Waals surface area contributed by atoms with E-state index in [-0.39, 0.29) is 11.9 Å². The number of carbonyl (C=O) groups excluding carboxylic acids is 1. The summed E-state index contributed by atoms with van der Waals surface area (Å²) in [5.74, 6) is 0.779. The van der Waals surface area contributed by atoms with Gasteiger partial charge in [0.15, 0.2) is 0 Å². The first kappa shape index (κ1) is 14.4. The van der Waals surface area contributed by atoms with Crippen LogP contribution in [0.25, 0.3) is 0 Å². The fourth-order valence-electron chi connectivity index (χ4n) is 2.07. The highest BCUT2D eigenvalue weighted by Crippen LogP contribution is 2.29. The summed E-state index contributed by atoms with van der Waals surface area (Å²) in [5, 5.41) is 4.24. The Kier molecular flexibility index (Phi) is 4.18. The third-order valence-electron chi connectivity index (χ3n) is 2.82. The number of esters is 1. The van der Waals surface area contributed by atoms with Gasteiger partial charge < -0.3 is 9.47 Å². The van der Waals surface area contributed by atoms with Crippen LogP contribution in [0.15, 0.2) is 10.7 Å². The molecular weight excluding hydrogens is 312 g/mol. The maximum absolute atomic E-state index is 11.9. The summed E-state index contributed by atoms with van der Waals surface area (Å²) in [7, 11) is 0. The molecule has 0 aliphatic carbocycles. The first-order valence-corrected chi connectivity index (χ1v) is 7.20. The largest absolute Gasteiger partial charge is 0.477 e. The summed E-state index contributed by atoms with van der Waals surface area (Å²) in [6.45, 7) is 6.91. The highest BCUT2D eigenvalue weighted by atomic mass is 79.9. The first-order chi connectivity index (χ1) is 8.85. The highest BCUT2D eigenvalue weighted by molar-refractivity contribution is 9.10. The Balaban J connectivity index is 1.97. The van der Waals surface area contributed by atoms with Crippen LogP contribution in [0.5, 0.6) is 5.88 Å². The van der Waals surface area contributed by atoms with Crippen molar-refractivity contribution in [1.82, 2.24) is 9.78 Å². The van der Waals surface area contributed by atoms with Gasteiger partial charge >= 0.3 is 5.97 Å². The second-order valence-corrected chi connectivity index (χ2v) is 6.63. The molecule has 0 aromatic carbocycles. The minimum absolute atomic E-state index is 0.160. The molecule has 1 unspecified atom stereocenters. The molecule has 6 heteroatoms. The van der Waals surface area contributed by atoms with Crippen molar-refractivity contribution in [2.75, 3.05) is 6.61 Å². The Morgan fingerprint density at radius 1 is 1.63 bits per heavy atom. The monoisotopic (exact) mass is 330 g/mol. The quantitative estimate of drug-likeness (QED) is 0.782. The van der Waals surface area contributed by atoms with Crippen molar-refractivity contribution in [3.05, 3.63) is 10.7 Å². The molecule has 1 aromatic heterocycles. The van der Waals surface area contributed by atoms with Crippen molar-refractivity contribution in [3.8, 4) is 5.88 Å². The molecule has 106 valence electrons. The van der Waals surface area contributed by atoms with E-state index in [9.17, 15) is 4.79 Å². The lowest BCUT2D eigenvalue weighted by Gasteiger charge is -2.21. The molecule has 2 heterocycles. The molecule has 0 bridgehead atoms. The molecule has 0 radical (unpaired) electrons. The fraction of sp³-hybridized carbons (Fsp3) is 0.692. The van der Waals surface area contributed by atoms with Crippen LogP contribution in [0.4, 0.5) is 0 Å². The summed E-state index contributed by atoms with van der Waals surface area (Å²) in [5.41, 5.74) is -0.432. The second kappa shape index (κ2) is 5.53. The molecule has 0 amide bonds. The van der Waals surface area contributed by atoms with Crippen LogP contribution in [0.1, 0.15) is 33.6 Å². The lowest BCUT2D eigenvalue weighted by Crippen LogP contribution is -2.26. The lowest BCUT2D eigenvalue weighted by molar-refractivity contribution is -0.156. The van der Waals surface area contributed by atoms with Crippen molar-refractivity contribution < 1.29 is 14.3 Å². The Morgan fingerprint density at radius 2 is 2.37 bits per heavy atom. The molecule has 1 atom stereocenters. The molecule has 0 saturated carbocycles. The third kappa shape index (κ3) is 3.96. The number of hydrogen-bond acceptors (Lipinski definition) is 4. The second-order valence-electron chi connectivity index (χ2n) is 5.77.